The van der Waals surface area contributed by atoms with Crippen molar-refractivity contribution in [3.8, 4) is 0 Å². The normalized spacial score (nSPS) is 22.1. The van der Waals surface area contributed by atoms with Crippen LogP contribution >= 0.6 is 0 Å². The molecule has 0 spiro atoms. The molecule has 0 bridgehead atoms. The first-order chi connectivity index (χ1) is 14.0. The van der Waals surface area contributed by atoms with Crippen LogP contribution in [-0.4, -0.2) is 43.0 Å². The number of nitrogens with one attached hydrogen (secondary N) is 1. The molecule has 1 saturated carbocycles. The van der Waals surface area contributed by atoms with E-state index in [0.717, 1.165) is 25.3 Å². The Morgan fingerprint density at radius 3 is 2.53 bits per heavy atom. The lowest BCUT2D eigenvalue weighted by atomic mass is 9.75. The van der Waals surface area contributed by atoms with Crippen molar-refractivity contribution in [2.75, 3.05) is 25.5 Å². The second-order valence-corrected chi connectivity index (χ2v) is 8.52. The molecule has 8 heteroatoms. The van der Waals surface area contributed by atoms with E-state index >= 15 is 0 Å². The highest BCUT2D eigenvalue weighted by molar-refractivity contribution is 5.95. The number of anilines is 1. The number of para-hydroxylation sites is 1. The Morgan fingerprint density at radius 2 is 1.90 bits per heavy atom. The van der Waals surface area contributed by atoms with Crippen LogP contribution in [0.3, 0.4) is 0 Å². The molecule has 0 saturated heterocycles. The second-order valence-electron chi connectivity index (χ2n) is 8.52. The monoisotopic (exact) mass is 428 g/mol. The summed E-state index contributed by atoms with van der Waals surface area (Å²) in [6.45, 7) is 5.96. The maximum Gasteiger partial charge on any atom is 0.418 e. The minimum atomic E-state index is -4.58. The molecule has 0 unspecified atom stereocenters. The molecule has 3 atom stereocenters. The zero-order valence-electron chi connectivity index (χ0n) is 18.0. The molecule has 1 aliphatic rings. The number of hydrogen-bond acceptors (Lipinski definition) is 3. The molecule has 30 heavy (non-hydrogen) atoms. The highest BCUT2D eigenvalue weighted by Crippen LogP contribution is 2.36. The van der Waals surface area contributed by atoms with E-state index in [2.05, 4.69) is 26.1 Å². The first kappa shape index (κ1) is 24.2. The molecular weight excluding hydrogens is 397 g/mol. The summed E-state index contributed by atoms with van der Waals surface area (Å²) in [5.41, 5.74) is -1.26. The average molecular weight is 428 g/mol. The Balaban J connectivity index is 1.89. The van der Waals surface area contributed by atoms with E-state index in [1.165, 1.54) is 30.1 Å². The van der Waals surface area contributed by atoms with Gasteiger partial charge < -0.3 is 15.0 Å². The summed E-state index contributed by atoms with van der Waals surface area (Å²) in [6.07, 6.45) is -1.47. The lowest BCUT2D eigenvalue weighted by Gasteiger charge is -2.37. The fourth-order valence-corrected chi connectivity index (χ4v) is 3.93. The maximum absolute atomic E-state index is 13.1. The Bertz CT molecular complexity index is 737. The van der Waals surface area contributed by atoms with Gasteiger partial charge in [-0.25, -0.2) is 0 Å². The average Bonchev–Trinajstić information content (AvgIpc) is 2.65. The van der Waals surface area contributed by atoms with Gasteiger partial charge >= 0.3 is 6.18 Å². The zero-order chi connectivity index (χ0) is 22.5. The smallest absolute Gasteiger partial charge is 0.368 e. The van der Waals surface area contributed by atoms with Gasteiger partial charge in [0.05, 0.1) is 23.9 Å². The molecule has 2 rings (SSSR count). The molecule has 1 aromatic carbocycles. The van der Waals surface area contributed by atoms with Gasteiger partial charge in [0.1, 0.15) is 6.61 Å². The molecular formula is C22H31F3N2O3. The van der Waals surface area contributed by atoms with Gasteiger partial charge in [0.25, 0.3) is 0 Å². The van der Waals surface area contributed by atoms with Crippen molar-refractivity contribution in [3.05, 3.63) is 29.8 Å². The van der Waals surface area contributed by atoms with Crippen molar-refractivity contribution in [1.82, 2.24) is 4.90 Å². The van der Waals surface area contributed by atoms with Gasteiger partial charge in [-0.2, -0.15) is 13.2 Å². The number of alkyl halides is 3. The lowest BCUT2D eigenvalue weighted by Crippen LogP contribution is -2.40. The first-order valence-electron chi connectivity index (χ1n) is 10.3. The van der Waals surface area contributed by atoms with Crippen molar-refractivity contribution in [2.45, 2.75) is 52.3 Å². The molecule has 0 radical (unpaired) electrons. The van der Waals surface area contributed by atoms with E-state index in [1.54, 1.807) is 0 Å². The number of carbonyl (C=O) groups excluding carboxylic acids is 2. The molecule has 1 aliphatic carbocycles. The van der Waals surface area contributed by atoms with E-state index in [1.807, 2.05) is 0 Å². The van der Waals surface area contributed by atoms with Crippen LogP contribution in [0.25, 0.3) is 0 Å². The van der Waals surface area contributed by atoms with Crippen LogP contribution in [0.1, 0.15) is 45.6 Å². The highest BCUT2D eigenvalue weighted by Gasteiger charge is 2.34. The minimum Gasteiger partial charge on any atom is -0.368 e. The van der Waals surface area contributed by atoms with Crippen LogP contribution in [-0.2, 0) is 20.5 Å². The minimum absolute atomic E-state index is 0.00131. The molecule has 1 fully saturated rings. The van der Waals surface area contributed by atoms with E-state index in [0.29, 0.717) is 17.8 Å². The van der Waals surface area contributed by atoms with Crippen LogP contribution in [0.5, 0.6) is 0 Å². The van der Waals surface area contributed by atoms with Gasteiger partial charge in [0.2, 0.25) is 11.8 Å². The third-order valence-electron chi connectivity index (χ3n) is 5.70. The van der Waals surface area contributed by atoms with Gasteiger partial charge in [-0.05, 0) is 42.7 Å². The number of carbonyl (C=O) groups is 2. The van der Waals surface area contributed by atoms with Gasteiger partial charge in [0, 0.05) is 7.05 Å². The predicted octanol–water partition coefficient (Wildman–Crippen LogP) is 4.58. The van der Waals surface area contributed by atoms with Gasteiger partial charge in [-0.3, -0.25) is 9.59 Å². The van der Waals surface area contributed by atoms with E-state index < -0.39 is 17.6 Å². The maximum atomic E-state index is 13.1. The van der Waals surface area contributed by atoms with Crippen LogP contribution < -0.4 is 5.32 Å². The highest BCUT2D eigenvalue weighted by atomic mass is 19.4. The van der Waals surface area contributed by atoms with Crippen LogP contribution in [0.2, 0.25) is 0 Å². The van der Waals surface area contributed by atoms with Crippen molar-refractivity contribution >= 4 is 17.5 Å². The Hall–Kier alpha value is -2.09. The summed E-state index contributed by atoms with van der Waals surface area (Å²) >= 11 is 0. The molecule has 2 amide bonds. The molecule has 5 nitrogen and oxygen atoms in total. The third-order valence-corrected chi connectivity index (χ3v) is 5.70. The van der Waals surface area contributed by atoms with Crippen molar-refractivity contribution in [2.24, 2.45) is 17.8 Å². The number of benzene rings is 1. The molecule has 0 aliphatic heterocycles. The van der Waals surface area contributed by atoms with Crippen molar-refractivity contribution < 1.29 is 27.5 Å². The largest absolute Gasteiger partial charge is 0.418 e. The molecule has 0 heterocycles. The summed E-state index contributed by atoms with van der Waals surface area (Å²) in [5.74, 6) is 0.303. The fraction of sp³-hybridized carbons (Fsp3) is 0.636. The number of amides is 2. The molecule has 1 aromatic rings. The SMILES string of the molecule is CC(C)[C@@H]1CC[C@@H](C)C[C@@H]1OCC(=O)N(C)CC(=O)Nc1ccccc1C(F)(F)F. The summed E-state index contributed by atoms with van der Waals surface area (Å²) < 4.78 is 45.1. The van der Waals surface area contributed by atoms with E-state index in [9.17, 15) is 22.8 Å². The summed E-state index contributed by atoms with van der Waals surface area (Å²) in [7, 11) is 1.43. The van der Waals surface area contributed by atoms with Gasteiger partial charge in [-0.1, -0.05) is 39.3 Å². The molecule has 0 aromatic heterocycles. The van der Waals surface area contributed by atoms with Crippen molar-refractivity contribution in [3.63, 3.8) is 0 Å². The van der Waals surface area contributed by atoms with Gasteiger partial charge in [-0.15, -0.1) is 0 Å². The number of halogens is 3. The summed E-state index contributed by atoms with van der Waals surface area (Å²) in [5, 5.41) is 2.24. The van der Waals surface area contributed by atoms with Crippen molar-refractivity contribution in [1.29, 1.82) is 0 Å². The standard InChI is InChI=1S/C22H31F3N2O3/c1-14(2)16-10-9-15(3)11-19(16)30-13-21(29)27(4)12-20(28)26-18-8-6-5-7-17(18)22(23,24)25/h5-8,14-16,19H,9-13H2,1-4H3,(H,26,28)/t15-,16+,19+/m1/s1. The Labute approximate surface area is 176 Å². The zero-order valence-corrected chi connectivity index (χ0v) is 18.0. The predicted molar refractivity (Wildman–Crippen MR) is 109 cm³/mol. The fourth-order valence-electron chi connectivity index (χ4n) is 3.93. The molecule has 168 valence electrons. The number of hydrogen-bond donors (Lipinski definition) is 1. The van der Waals surface area contributed by atoms with Gasteiger partial charge in [0.15, 0.2) is 0 Å². The molecule has 1 N–H and O–H groups in total. The number of rotatable bonds is 7. The second kappa shape index (κ2) is 10.3. The quantitative estimate of drug-likeness (QED) is 0.692. The summed E-state index contributed by atoms with van der Waals surface area (Å²) in [4.78, 5) is 25.8. The number of ether oxygens (including phenoxy) is 1. The topological polar surface area (TPSA) is 58.6 Å². The van der Waals surface area contributed by atoms with E-state index in [-0.39, 0.29) is 30.9 Å². The first-order valence-corrected chi connectivity index (χ1v) is 10.3. The van der Waals surface area contributed by atoms with Crippen LogP contribution in [0, 0.1) is 17.8 Å². The third kappa shape index (κ3) is 6.72. The summed E-state index contributed by atoms with van der Waals surface area (Å²) in [6, 6.07) is 4.74. The van der Waals surface area contributed by atoms with Crippen LogP contribution in [0.4, 0.5) is 18.9 Å². The Kier molecular flexibility index (Phi) is 8.29. The van der Waals surface area contributed by atoms with E-state index in [4.69, 9.17) is 4.74 Å². The lowest BCUT2D eigenvalue weighted by molar-refractivity contribution is -0.142. The van der Waals surface area contributed by atoms with Crippen LogP contribution in [0.15, 0.2) is 24.3 Å². The Morgan fingerprint density at radius 1 is 1.23 bits per heavy atom. The number of nitrogens with zero attached hydrogens (tertiary/aromatic N) is 1. The number of likely N-dealkylation sites (N-methyl/N-ethyl adjacent to an activating group) is 1.